The minimum Gasteiger partial charge on any atom is -0.425 e. The van der Waals surface area contributed by atoms with Crippen LogP contribution < -0.4 is 0 Å². The normalized spacial score (nSPS) is 14.8. The van der Waals surface area contributed by atoms with E-state index < -0.39 is 0 Å². The molecular weight excluding hydrogens is 491 g/mol. The molecule has 1 aliphatic carbocycles. The minimum atomic E-state index is -0.194. The van der Waals surface area contributed by atoms with Gasteiger partial charge in [0, 0.05) is 38.7 Å². The third kappa shape index (κ3) is 5.97. The van der Waals surface area contributed by atoms with Gasteiger partial charge in [-0.3, -0.25) is 0 Å². The molecule has 3 aromatic rings. The summed E-state index contributed by atoms with van der Waals surface area (Å²) in [4.78, 5) is 0. The first-order valence-electron chi connectivity index (χ1n) is 8.22. The summed E-state index contributed by atoms with van der Waals surface area (Å²) in [5.74, 6) is 0. The molecule has 0 aliphatic heterocycles. The molecule has 4 rings (SSSR count). The first kappa shape index (κ1) is 19.7. The second-order valence-electron chi connectivity index (χ2n) is 5.40. The van der Waals surface area contributed by atoms with Crippen LogP contribution in [0.1, 0.15) is 25.7 Å². The number of aromatic nitrogens is 6. The monoisotopic (exact) mass is 513 g/mol. The van der Waals surface area contributed by atoms with E-state index in [9.17, 15) is 0 Å². The Kier molecular flexibility index (Phi) is 8.70. The smallest absolute Gasteiger partial charge is 0.260 e. The van der Waals surface area contributed by atoms with Gasteiger partial charge in [0.25, 0.3) is 7.12 Å². The van der Waals surface area contributed by atoms with Crippen molar-refractivity contribution in [1.82, 2.24) is 29.1 Å². The Bertz CT molecular complexity index is 548. The van der Waals surface area contributed by atoms with Gasteiger partial charge in [0.1, 0.15) is 0 Å². The molecule has 0 amide bonds. The van der Waals surface area contributed by atoms with Crippen molar-refractivity contribution >= 4 is 7.12 Å². The number of hydrogen-bond donors (Lipinski definition) is 0. The van der Waals surface area contributed by atoms with Crippen LogP contribution in [0, 0.1) is 25.7 Å². The molecule has 3 heterocycles. The summed E-state index contributed by atoms with van der Waals surface area (Å²) < 4.78 is 5.38. The third-order valence-corrected chi connectivity index (χ3v) is 3.62. The van der Waals surface area contributed by atoms with Gasteiger partial charge in [0.2, 0.25) is 0 Å². The molecule has 0 atom stereocenters. The Balaban J connectivity index is 0.000000214. The van der Waals surface area contributed by atoms with Crippen LogP contribution in [-0.4, -0.2) is 36.2 Å². The number of hydrogen-bond acceptors (Lipinski definition) is 3. The predicted octanol–water partition coefficient (Wildman–Crippen LogP) is 2.58. The van der Waals surface area contributed by atoms with E-state index in [1.165, 1.54) is 25.7 Å². The summed E-state index contributed by atoms with van der Waals surface area (Å²) in [6, 6.07) is 5.62. The Morgan fingerprint density at radius 1 is 0.560 bits per heavy atom. The van der Waals surface area contributed by atoms with E-state index in [4.69, 9.17) is 0 Å². The SMILES string of the molecule is [CH]1[CH]CC[CH][CH]CC1.[Ir].c1cnn([B-](n2cccn2)n2cccn2)c1. The summed E-state index contributed by atoms with van der Waals surface area (Å²) in [6.07, 6.45) is 24.9. The zero-order chi connectivity index (χ0) is 16.5. The largest absolute Gasteiger partial charge is 0.425 e. The van der Waals surface area contributed by atoms with Crippen molar-refractivity contribution in [2.75, 3.05) is 0 Å². The molecule has 3 aromatic heterocycles. The number of rotatable bonds is 3. The second-order valence-corrected chi connectivity index (χ2v) is 5.40. The second kappa shape index (κ2) is 11.1. The molecule has 132 valence electrons. The molecule has 0 spiro atoms. The first-order chi connectivity index (χ1) is 11.9. The van der Waals surface area contributed by atoms with Crippen LogP contribution >= 0.6 is 0 Å². The van der Waals surface area contributed by atoms with Gasteiger partial charge in [0.15, 0.2) is 0 Å². The van der Waals surface area contributed by atoms with Crippen LogP contribution in [0.25, 0.3) is 0 Å². The van der Waals surface area contributed by atoms with Gasteiger partial charge < -0.3 is 13.8 Å². The van der Waals surface area contributed by atoms with Gasteiger partial charge in [-0.05, 0) is 88.2 Å². The average molecular weight is 512 g/mol. The molecule has 25 heavy (non-hydrogen) atoms. The van der Waals surface area contributed by atoms with Crippen molar-refractivity contribution in [3.8, 4) is 0 Å². The molecule has 8 heteroatoms. The van der Waals surface area contributed by atoms with Crippen LogP contribution in [0.2, 0.25) is 0 Å². The topological polar surface area (TPSA) is 53.5 Å². The van der Waals surface area contributed by atoms with Crippen molar-refractivity contribution < 1.29 is 20.1 Å². The Labute approximate surface area is 163 Å². The van der Waals surface area contributed by atoms with Crippen molar-refractivity contribution in [1.29, 1.82) is 0 Å². The standard InChI is InChI=1S/C9H9BN6.C8H12.Ir/c1-4-11-14(7-1)10(15-8-2-5-12-15)16-9-3-6-13-16;1-2-4-6-8-7-5-3-1;/h1-9H;1-2,7-8H,3-6H2;/q-1;;. The van der Waals surface area contributed by atoms with Crippen molar-refractivity contribution in [3.63, 3.8) is 0 Å². The summed E-state index contributed by atoms with van der Waals surface area (Å²) in [5.41, 5.74) is 0. The van der Waals surface area contributed by atoms with E-state index in [1.807, 2.05) is 36.8 Å². The summed E-state index contributed by atoms with van der Waals surface area (Å²) in [5, 5.41) is 12.7. The Morgan fingerprint density at radius 3 is 1.12 bits per heavy atom. The average Bonchev–Trinajstić information content (AvgIpc) is 3.33. The summed E-state index contributed by atoms with van der Waals surface area (Å²) in [6.45, 7) is 0. The Hall–Kier alpha value is -1.66. The zero-order valence-electron chi connectivity index (χ0n) is 13.9. The molecule has 0 saturated heterocycles. The molecule has 6 nitrogen and oxygen atoms in total. The van der Waals surface area contributed by atoms with Gasteiger partial charge in [0.05, 0.1) is 0 Å². The van der Waals surface area contributed by atoms with E-state index in [1.54, 1.807) is 32.4 Å². The van der Waals surface area contributed by atoms with Crippen molar-refractivity contribution in [2.24, 2.45) is 0 Å². The van der Waals surface area contributed by atoms with Gasteiger partial charge in [-0.1, -0.05) is 0 Å². The van der Waals surface area contributed by atoms with Crippen molar-refractivity contribution in [2.45, 2.75) is 25.7 Å². The maximum Gasteiger partial charge on any atom is 0.260 e. The van der Waals surface area contributed by atoms with Crippen LogP contribution in [0.5, 0.6) is 0 Å². The van der Waals surface area contributed by atoms with Gasteiger partial charge in [-0.25, -0.2) is 15.3 Å². The molecular formula is C17H21BIrN6-. The van der Waals surface area contributed by atoms with Crippen LogP contribution in [-0.2, 0) is 20.1 Å². The third-order valence-electron chi connectivity index (χ3n) is 3.62. The molecule has 1 saturated carbocycles. The maximum atomic E-state index is 4.22. The van der Waals surface area contributed by atoms with E-state index in [0.717, 1.165) is 0 Å². The first-order valence-corrected chi connectivity index (χ1v) is 8.22. The predicted molar refractivity (Wildman–Crippen MR) is 94.3 cm³/mol. The number of nitrogens with zero attached hydrogens (tertiary/aromatic N) is 6. The molecule has 6 radical (unpaired) electrons. The van der Waals surface area contributed by atoms with Gasteiger partial charge >= 0.3 is 0 Å². The van der Waals surface area contributed by atoms with E-state index in [0.29, 0.717) is 0 Å². The van der Waals surface area contributed by atoms with Crippen LogP contribution in [0.15, 0.2) is 55.4 Å². The minimum absolute atomic E-state index is 0. The Morgan fingerprint density at radius 2 is 0.880 bits per heavy atom. The fourth-order valence-electron chi connectivity index (χ4n) is 2.47. The van der Waals surface area contributed by atoms with Gasteiger partial charge in [-0.2, -0.15) is 0 Å². The molecule has 1 fully saturated rings. The fraction of sp³-hybridized carbons (Fsp3) is 0.235. The fourth-order valence-corrected chi connectivity index (χ4v) is 2.47. The summed E-state index contributed by atoms with van der Waals surface area (Å²) >= 11 is 0. The van der Waals surface area contributed by atoms with Crippen molar-refractivity contribution in [3.05, 3.63) is 81.1 Å². The molecule has 0 unspecified atom stereocenters. The van der Waals surface area contributed by atoms with E-state index in [2.05, 4.69) is 41.0 Å². The summed E-state index contributed by atoms with van der Waals surface area (Å²) in [7, 11) is -0.194. The zero-order valence-corrected chi connectivity index (χ0v) is 16.3. The molecule has 0 bridgehead atoms. The maximum absolute atomic E-state index is 4.22. The quantitative estimate of drug-likeness (QED) is 0.508. The van der Waals surface area contributed by atoms with Crippen LogP contribution in [0.4, 0.5) is 0 Å². The van der Waals surface area contributed by atoms with Gasteiger partial charge in [-0.15, -0.1) is 0 Å². The van der Waals surface area contributed by atoms with Crippen LogP contribution in [0.3, 0.4) is 0 Å². The molecule has 0 aromatic carbocycles. The molecule has 1 aliphatic rings. The van der Waals surface area contributed by atoms with E-state index >= 15 is 0 Å². The van der Waals surface area contributed by atoms with E-state index in [-0.39, 0.29) is 27.2 Å². The molecule has 0 N–H and O–H groups in total.